The van der Waals surface area contributed by atoms with E-state index >= 15 is 0 Å². The van der Waals surface area contributed by atoms with Gasteiger partial charge in [0.15, 0.2) is 0 Å². The van der Waals surface area contributed by atoms with Crippen molar-refractivity contribution >= 4 is 0 Å². The number of benzene rings is 2. The van der Waals surface area contributed by atoms with Crippen LogP contribution in [0.5, 0.6) is 0 Å². The van der Waals surface area contributed by atoms with Gasteiger partial charge in [0.1, 0.15) is 5.82 Å². The molecule has 0 atom stereocenters. The molecular weight excluding hydrogens is 247 g/mol. The lowest BCUT2D eigenvalue weighted by molar-refractivity contribution is 0.627. The van der Waals surface area contributed by atoms with Gasteiger partial charge in [-0.3, -0.25) is 0 Å². The summed E-state index contributed by atoms with van der Waals surface area (Å²) in [5, 5.41) is 0. The fourth-order valence-electron chi connectivity index (χ4n) is 1.78. The van der Waals surface area contributed by atoms with Gasteiger partial charge in [-0.25, -0.2) is 4.39 Å². The topological polar surface area (TPSA) is 0 Å². The van der Waals surface area contributed by atoms with Crippen LogP contribution in [0.15, 0.2) is 48.5 Å². The van der Waals surface area contributed by atoms with Gasteiger partial charge >= 0.3 is 0 Å². The number of rotatable bonds is 2. The standard InChI is InChI=1S/C19H15F/c1-2-5-16-8-10-17(11-9-16)6-3-4-7-18-12-14-19(20)15-13-18/h8-15H,2,5H2,1H3. The molecule has 0 unspecified atom stereocenters. The third-order valence-electron chi connectivity index (χ3n) is 2.81. The van der Waals surface area contributed by atoms with Crippen LogP contribution in [0.3, 0.4) is 0 Å². The Kier molecular flexibility index (Phi) is 4.99. The van der Waals surface area contributed by atoms with Gasteiger partial charge in [-0.2, -0.15) is 0 Å². The molecule has 2 aromatic rings. The summed E-state index contributed by atoms with van der Waals surface area (Å²) in [4.78, 5) is 0. The number of hydrogen-bond acceptors (Lipinski definition) is 0. The molecule has 0 aliphatic rings. The Labute approximate surface area is 119 Å². The number of halogens is 1. The molecule has 1 heteroatoms. The molecule has 2 rings (SSSR count). The van der Waals surface area contributed by atoms with Crippen LogP contribution >= 0.6 is 0 Å². The van der Waals surface area contributed by atoms with Gasteiger partial charge in [0, 0.05) is 11.1 Å². The Bertz CT molecular complexity index is 671. The van der Waals surface area contributed by atoms with Crippen molar-refractivity contribution in [3.05, 3.63) is 71.0 Å². The van der Waals surface area contributed by atoms with Crippen molar-refractivity contribution in [2.75, 3.05) is 0 Å². The SMILES string of the molecule is CCCc1ccc(C#CC#Cc2ccc(F)cc2)cc1. The molecule has 20 heavy (non-hydrogen) atoms. The van der Waals surface area contributed by atoms with Crippen molar-refractivity contribution in [1.29, 1.82) is 0 Å². The quantitative estimate of drug-likeness (QED) is 0.712. The molecule has 0 radical (unpaired) electrons. The minimum Gasteiger partial charge on any atom is -0.207 e. The highest BCUT2D eigenvalue weighted by molar-refractivity contribution is 5.44. The van der Waals surface area contributed by atoms with Crippen molar-refractivity contribution < 1.29 is 4.39 Å². The Morgan fingerprint density at radius 2 is 1.30 bits per heavy atom. The Balaban J connectivity index is 2.02. The van der Waals surface area contributed by atoms with Gasteiger partial charge in [0.2, 0.25) is 0 Å². The minimum absolute atomic E-state index is 0.256. The summed E-state index contributed by atoms with van der Waals surface area (Å²) in [6.07, 6.45) is 2.24. The van der Waals surface area contributed by atoms with E-state index in [0.29, 0.717) is 0 Å². The second-order valence-corrected chi connectivity index (χ2v) is 4.45. The van der Waals surface area contributed by atoms with E-state index in [4.69, 9.17) is 0 Å². The monoisotopic (exact) mass is 262 g/mol. The zero-order chi connectivity index (χ0) is 14.2. The first-order chi connectivity index (χ1) is 9.78. The first-order valence-electron chi connectivity index (χ1n) is 6.64. The highest BCUT2D eigenvalue weighted by atomic mass is 19.1. The summed E-state index contributed by atoms with van der Waals surface area (Å²) in [6, 6.07) is 14.3. The molecule has 0 aliphatic heterocycles. The Morgan fingerprint density at radius 1 is 0.800 bits per heavy atom. The number of aryl methyl sites for hydroxylation is 1. The molecule has 0 aromatic heterocycles. The van der Waals surface area contributed by atoms with Crippen LogP contribution in [0.4, 0.5) is 4.39 Å². The van der Waals surface area contributed by atoms with Gasteiger partial charge in [0.05, 0.1) is 0 Å². The maximum Gasteiger partial charge on any atom is 0.123 e. The third-order valence-corrected chi connectivity index (χ3v) is 2.81. The normalized spacial score (nSPS) is 9.10. The highest BCUT2D eigenvalue weighted by Crippen LogP contribution is 2.05. The van der Waals surface area contributed by atoms with E-state index in [1.54, 1.807) is 12.1 Å². The summed E-state index contributed by atoms with van der Waals surface area (Å²) < 4.78 is 12.7. The average molecular weight is 262 g/mol. The Morgan fingerprint density at radius 3 is 1.80 bits per heavy atom. The fraction of sp³-hybridized carbons (Fsp3) is 0.158. The van der Waals surface area contributed by atoms with Gasteiger partial charge in [-0.1, -0.05) is 37.3 Å². The van der Waals surface area contributed by atoms with Crippen LogP contribution in [-0.2, 0) is 6.42 Å². The molecule has 0 N–H and O–H groups in total. The fourth-order valence-corrected chi connectivity index (χ4v) is 1.78. The summed E-state index contributed by atoms with van der Waals surface area (Å²) in [5.74, 6) is 11.2. The van der Waals surface area contributed by atoms with Gasteiger partial charge in [-0.05, 0) is 60.2 Å². The summed E-state index contributed by atoms with van der Waals surface area (Å²) in [7, 11) is 0. The lowest BCUT2D eigenvalue weighted by atomic mass is 10.1. The Hall–Kier alpha value is -2.51. The van der Waals surface area contributed by atoms with Crippen LogP contribution in [-0.4, -0.2) is 0 Å². The third kappa shape index (κ3) is 4.30. The summed E-state index contributed by atoms with van der Waals surface area (Å²) >= 11 is 0. The molecule has 2 aromatic carbocycles. The largest absolute Gasteiger partial charge is 0.207 e. The summed E-state index contributed by atoms with van der Waals surface area (Å²) in [6.45, 7) is 2.17. The van der Waals surface area contributed by atoms with Crippen LogP contribution in [0.25, 0.3) is 0 Å². The summed E-state index contributed by atoms with van der Waals surface area (Å²) in [5.41, 5.74) is 3.05. The van der Waals surface area contributed by atoms with E-state index in [2.05, 4.69) is 42.7 Å². The zero-order valence-electron chi connectivity index (χ0n) is 11.4. The maximum atomic E-state index is 12.7. The molecule has 0 bridgehead atoms. The molecule has 0 spiro atoms. The van der Waals surface area contributed by atoms with Crippen LogP contribution in [0.1, 0.15) is 30.0 Å². The van der Waals surface area contributed by atoms with Crippen molar-refractivity contribution in [3.63, 3.8) is 0 Å². The van der Waals surface area contributed by atoms with Gasteiger partial charge in [-0.15, -0.1) is 0 Å². The zero-order valence-corrected chi connectivity index (χ0v) is 11.4. The minimum atomic E-state index is -0.256. The first-order valence-corrected chi connectivity index (χ1v) is 6.64. The van der Waals surface area contributed by atoms with Crippen molar-refractivity contribution in [2.45, 2.75) is 19.8 Å². The predicted molar refractivity (Wildman–Crippen MR) is 80.6 cm³/mol. The molecule has 0 amide bonds. The first kappa shape index (κ1) is 13.9. The van der Waals surface area contributed by atoms with Crippen molar-refractivity contribution in [3.8, 4) is 23.7 Å². The molecule has 0 saturated carbocycles. The van der Waals surface area contributed by atoms with E-state index in [-0.39, 0.29) is 5.82 Å². The lowest BCUT2D eigenvalue weighted by Crippen LogP contribution is -1.82. The van der Waals surface area contributed by atoms with Gasteiger partial charge in [0.25, 0.3) is 0 Å². The number of hydrogen-bond donors (Lipinski definition) is 0. The molecule has 0 heterocycles. The van der Waals surface area contributed by atoms with Crippen LogP contribution < -0.4 is 0 Å². The van der Waals surface area contributed by atoms with Crippen molar-refractivity contribution in [2.24, 2.45) is 0 Å². The second kappa shape index (κ2) is 7.17. The van der Waals surface area contributed by atoms with E-state index in [0.717, 1.165) is 24.0 Å². The second-order valence-electron chi connectivity index (χ2n) is 4.45. The average Bonchev–Trinajstić information content (AvgIpc) is 2.47. The lowest BCUT2D eigenvalue weighted by Gasteiger charge is -1.97. The van der Waals surface area contributed by atoms with Crippen LogP contribution in [0.2, 0.25) is 0 Å². The molecule has 0 fully saturated rings. The van der Waals surface area contributed by atoms with Gasteiger partial charge < -0.3 is 0 Å². The van der Waals surface area contributed by atoms with E-state index in [1.807, 2.05) is 12.1 Å². The van der Waals surface area contributed by atoms with E-state index in [9.17, 15) is 4.39 Å². The molecular formula is C19H15F. The smallest absolute Gasteiger partial charge is 0.123 e. The maximum absolute atomic E-state index is 12.7. The van der Waals surface area contributed by atoms with Crippen molar-refractivity contribution in [1.82, 2.24) is 0 Å². The highest BCUT2D eigenvalue weighted by Gasteiger charge is 1.90. The molecule has 98 valence electrons. The molecule has 0 aliphatic carbocycles. The predicted octanol–water partition coefficient (Wildman–Crippen LogP) is 4.18. The van der Waals surface area contributed by atoms with E-state index < -0.39 is 0 Å². The molecule has 0 nitrogen and oxygen atoms in total. The molecule has 0 saturated heterocycles. The van der Waals surface area contributed by atoms with E-state index in [1.165, 1.54) is 17.7 Å². The van der Waals surface area contributed by atoms with Crippen LogP contribution in [0, 0.1) is 29.5 Å².